The van der Waals surface area contributed by atoms with Gasteiger partial charge in [-0.1, -0.05) is 5.21 Å². The largest absolute Gasteiger partial charge is 0.330 e. The molecule has 3 aromatic rings. The first-order chi connectivity index (χ1) is 8.86. The summed E-state index contributed by atoms with van der Waals surface area (Å²) in [6.45, 7) is 0.680. The molecule has 0 bridgehead atoms. The Labute approximate surface area is 108 Å². The Balaban J connectivity index is 1.90. The highest BCUT2D eigenvalue weighted by atomic mass is 32.1. The van der Waals surface area contributed by atoms with Gasteiger partial charge in [0.1, 0.15) is 0 Å². The Morgan fingerprint density at radius 1 is 1.33 bits per heavy atom. The molecule has 3 rings (SSSR count). The molecule has 5 nitrogen and oxygen atoms in total. The minimum Gasteiger partial charge on any atom is -0.330 e. The first kappa shape index (κ1) is 11.3. The second kappa shape index (κ2) is 4.83. The third-order valence-corrected chi connectivity index (χ3v) is 3.55. The van der Waals surface area contributed by atoms with Crippen LogP contribution in [0.1, 0.15) is 12.1 Å². The Hall–Kier alpha value is -1.79. The molecule has 0 amide bonds. The van der Waals surface area contributed by atoms with Crippen molar-refractivity contribution in [2.45, 2.75) is 12.8 Å². The summed E-state index contributed by atoms with van der Waals surface area (Å²) in [6.07, 6.45) is 3.77. The number of hydrogen-bond acceptors (Lipinski definition) is 5. The number of aromatic nitrogens is 4. The maximum absolute atomic E-state index is 5.48. The van der Waals surface area contributed by atoms with Crippen LogP contribution >= 0.6 is 11.3 Å². The first-order valence-corrected chi connectivity index (χ1v) is 6.70. The van der Waals surface area contributed by atoms with Crippen LogP contribution in [0.15, 0.2) is 29.9 Å². The summed E-state index contributed by atoms with van der Waals surface area (Å²) < 4.78 is 2.96. The van der Waals surface area contributed by atoms with E-state index in [1.165, 1.54) is 0 Å². The molecular weight excluding hydrogens is 246 g/mol. The van der Waals surface area contributed by atoms with Crippen LogP contribution in [0.4, 0.5) is 0 Å². The predicted molar refractivity (Wildman–Crippen MR) is 71.9 cm³/mol. The lowest BCUT2D eigenvalue weighted by atomic mass is 10.2. The summed E-state index contributed by atoms with van der Waals surface area (Å²) in [7, 11) is 0. The monoisotopic (exact) mass is 259 g/mol. The highest BCUT2D eigenvalue weighted by Crippen LogP contribution is 2.20. The van der Waals surface area contributed by atoms with Crippen LogP contribution in [0.5, 0.6) is 0 Å². The molecule has 0 radical (unpaired) electrons. The molecule has 0 saturated heterocycles. The second-order valence-corrected chi connectivity index (χ2v) is 4.94. The number of aryl methyl sites for hydroxylation is 1. The van der Waals surface area contributed by atoms with E-state index in [2.05, 4.69) is 21.4 Å². The molecule has 0 saturated carbocycles. The molecule has 0 aliphatic rings. The molecule has 18 heavy (non-hydrogen) atoms. The van der Waals surface area contributed by atoms with Crippen molar-refractivity contribution in [2.75, 3.05) is 6.54 Å². The van der Waals surface area contributed by atoms with Crippen LogP contribution in [0.3, 0.4) is 0 Å². The van der Waals surface area contributed by atoms with Crippen LogP contribution in [0.25, 0.3) is 15.9 Å². The first-order valence-electron chi connectivity index (χ1n) is 5.82. The Morgan fingerprint density at radius 2 is 2.28 bits per heavy atom. The zero-order chi connectivity index (χ0) is 12.4. The Morgan fingerprint density at radius 3 is 3.17 bits per heavy atom. The van der Waals surface area contributed by atoms with E-state index in [0.717, 1.165) is 34.4 Å². The summed E-state index contributed by atoms with van der Waals surface area (Å²) in [6, 6.07) is 6.08. The second-order valence-electron chi connectivity index (χ2n) is 4.05. The van der Waals surface area contributed by atoms with Gasteiger partial charge in [-0.15, -0.1) is 16.4 Å². The minimum absolute atomic E-state index is 0.680. The molecule has 2 heterocycles. The molecular formula is C12H13N5S. The molecule has 92 valence electrons. The molecule has 0 atom stereocenters. The molecule has 0 unspecified atom stereocenters. The smallest absolute Gasteiger partial charge is 0.0832 e. The van der Waals surface area contributed by atoms with Crippen molar-refractivity contribution < 1.29 is 0 Å². The average Bonchev–Trinajstić information content (AvgIpc) is 3.04. The molecule has 6 heteroatoms. The lowest BCUT2D eigenvalue weighted by Crippen LogP contribution is -2.00. The van der Waals surface area contributed by atoms with Crippen LogP contribution in [-0.2, 0) is 6.42 Å². The van der Waals surface area contributed by atoms with Crippen molar-refractivity contribution >= 4 is 21.6 Å². The average molecular weight is 259 g/mol. The van der Waals surface area contributed by atoms with Crippen LogP contribution in [-0.4, -0.2) is 26.5 Å². The number of fused-ring (bicyclic) bond motifs is 1. The van der Waals surface area contributed by atoms with Gasteiger partial charge in [-0.2, -0.15) is 0 Å². The third-order valence-electron chi connectivity index (χ3n) is 2.76. The quantitative estimate of drug-likeness (QED) is 0.775. The van der Waals surface area contributed by atoms with Gasteiger partial charge in [0.15, 0.2) is 0 Å². The third kappa shape index (κ3) is 2.12. The Kier molecular flexibility index (Phi) is 3.04. The summed E-state index contributed by atoms with van der Waals surface area (Å²) >= 11 is 1.63. The van der Waals surface area contributed by atoms with Crippen molar-refractivity contribution in [3.05, 3.63) is 35.6 Å². The number of benzene rings is 1. The van der Waals surface area contributed by atoms with Gasteiger partial charge in [-0.05, 0) is 37.6 Å². The summed E-state index contributed by atoms with van der Waals surface area (Å²) in [5.41, 5.74) is 10.3. The number of nitrogens with zero attached hydrogens (tertiary/aromatic N) is 4. The van der Waals surface area contributed by atoms with Gasteiger partial charge in [-0.25, -0.2) is 9.67 Å². The predicted octanol–water partition coefficient (Wildman–Crippen LogP) is 1.77. The van der Waals surface area contributed by atoms with E-state index >= 15 is 0 Å². The zero-order valence-electron chi connectivity index (χ0n) is 9.78. The fourth-order valence-electron chi connectivity index (χ4n) is 1.81. The summed E-state index contributed by atoms with van der Waals surface area (Å²) in [4.78, 5) is 4.26. The molecule has 2 N–H and O–H groups in total. The maximum atomic E-state index is 5.48. The number of thiazole rings is 1. The SMILES string of the molecule is NCCCc1cn(-c2ccc3ncsc3c2)nn1. The van der Waals surface area contributed by atoms with Gasteiger partial charge in [0.25, 0.3) is 0 Å². The van der Waals surface area contributed by atoms with Crippen LogP contribution < -0.4 is 5.73 Å². The normalized spacial score (nSPS) is 11.2. The number of hydrogen-bond donors (Lipinski definition) is 1. The Bertz CT molecular complexity index is 657. The van der Waals surface area contributed by atoms with Gasteiger partial charge in [0.2, 0.25) is 0 Å². The molecule has 0 aliphatic carbocycles. The van der Waals surface area contributed by atoms with Crippen molar-refractivity contribution in [1.82, 2.24) is 20.0 Å². The number of nitrogens with two attached hydrogens (primary N) is 1. The van der Waals surface area contributed by atoms with Crippen molar-refractivity contribution in [3.63, 3.8) is 0 Å². The zero-order valence-corrected chi connectivity index (χ0v) is 10.6. The van der Waals surface area contributed by atoms with E-state index in [9.17, 15) is 0 Å². The van der Waals surface area contributed by atoms with Gasteiger partial charge >= 0.3 is 0 Å². The van der Waals surface area contributed by atoms with E-state index in [0.29, 0.717) is 6.54 Å². The molecule has 0 spiro atoms. The topological polar surface area (TPSA) is 69.6 Å². The molecule has 0 fully saturated rings. The van der Waals surface area contributed by atoms with E-state index < -0.39 is 0 Å². The van der Waals surface area contributed by atoms with Gasteiger partial charge < -0.3 is 5.73 Å². The van der Waals surface area contributed by atoms with Crippen LogP contribution in [0.2, 0.25) is 0 Å². The summed E-state index contributed by atoms with van der Waals surface area (Å²) in [5.74, 6) is 0. The summed E-state index contributed by atoms with van der Waals surface area (Å²) in [5, 5.41) is 8.28. The minimum atomic E-state index is 0.680. The maximum Gasteiger partial charge on any atom is 0.0832 e. The standard InChI is InChI=1S/C12H13N5S/c13-5-1-2-9-7-17(16-15-9)10-3-4-11-12(6-10)18-8-14-11/h3-4,6-8H,1-2,5,13H2. The molecule has 0 aliphatic heterocycles. The molecule has 2 aromatic heterocycles. The van der Waals surface area contributed by atoms with E-state index in [-0.39, 0.29) is 0 Å². The fraction of sp³-hybridized carbons (Fsp3) is 0.250. The van der Waals surface area contributed by atoms with Crippen molar-refractivity contribution in [2.24, 2.45) is 5.73 Å². The lowest BCUT2D eigenvalue weighted by Gasteiger charge is -1.98. The van der Waals surface area contributed by atoms with Crippen molar-refractivity contribution in [3.8, 4) is 5.69 Å². The van der Waals surface area contributed by atoms with Gasteiger partial charge in [0.05, 0.1) is 33.3 Å². The highest BCUT2D eigenvalue weighted by Gasteiger charge is 2.04. The number of rotatable bonds is 4. The fourth-order valence-corrected chi connectivity index (χ4v) is 2.52. The lowest BCUT2D eigenvalue weighted by molar-refractivity contribution is 0.779. The molecule has 1 aromatic carbocycles. The van der Waals surface area contributed by atoms with E-state index in [4.69, 9.17) is 5.73 Å². The van der Waals surface area contributed by atoms with E-state index in [1.807, 2.05) is 23.8 Å². The highest BCUT2D eigenvalue weighted by molar-refractivity contribution is 7.16. The van der Waals surface area contributed by atoms with Gasteiger partial charge in [-0.3, -0.25) is 0 Å². The van der Waals surface area contributed by atoms with Crippen molar-refractivity contribution in [1.29, 1.82) is 0 Å². The van der Waals surface area contributed by atoms with Gasteiger partial charge in [0, 0.05) is 0 Å². The van der Waals surface area contributed by atoms with E-state index in [1.54, 1.807) is 16.0 Å². The van der Waals surface area contributed by atoms with Crippen LogP contribution in [0, 0.1) is 0 Å².